The summed E-state index contributed by atoms with van der Waals surface area (Å²) < 4.78 is 5.23. The third-order valence-corrected chi connectivity index (χ3v) is 2.89. The number of nitro groups is 1. The highest BCUT2D eigenvalue weighted by molar-refractivity contribution is 5.96. The van der Waals surface area contributed by atoms with Gasteiger partial charge in [0.05, 0.1) is 17.7 Å². The topological polar surface area (TPSA) is 127 Å². The molecule has 2 aromatic rings. The summed E-state index contributed by atoms with van der Waals surface area (Å²) in [6, 6.07) is 8.50. The first kappa shape index (κ1) is 16.9. The summed E-state index contributed by atoms with van der Waals surface area (Å²) in [5.74, 6) is 0.163. The van der Waals surface area contributed by atoms with Gasteiger partial charge in [0.15, 0.2) is 0 Å². The first-order chi connectivity index (χ1) is 11.5. The molecule has 2 amide bonds. The monoisotopic (exact) mass is 330 g/mol. The summed E-state index contributed by atoms with van der Waals surface area (Å²) in [5, 5.41) is 16.6. The Hall–Kier alpha value is -3.49. The molecule has 0 fully saturated rings. The van der Waals surface area contributed by atoms with Crippen LogP contribution in [0, 0.1) is 17.0 Å². The predicted molar refractivity (Wildman–Crippen MR) is 84.6 cm³/mol. The zero-order chi connectivity index (χ0) is 17.5. The van der Waals surface area contributed by atoms with Gasteiger partial charge in [-0.15, -0.1) is 0 Å². The number of amides is 2. The lowest BCUT2D eigenvalue weighted by Crippen LogP contribution is -2.34. The number of nitro benzene ring substituents is 1. The van der Waals surface area contributed by atoms with Gasteiger partial charge >= 0.3 is 0 Å². The zero-order valence-electron chi connectivity index (χ0n) is 12.7. The van der Waals surface area contributed by atoms with Crippen LogP contribution < -0.4 is 10.7 Å². The number of nitrogens with one attached hydrogen (secondary N) is 2. The van der Waals surface area contributed by atoms with Crippen molar-refractivity contribution in [3.63, 3.8) is 0 Å². The van der Waals surface area contributed by atoms with Crippen molar-refractivity contribution in [3.05, 3.63) is 63.6 Å². The highest BCUT2D eigenvalue weighted by Crippen LogP contribution is 2.11. The number of aryl methyl sites for hydroxylation is 1. The van der Waals surface area contributed by atoms with E-state index in [1.165, 1.54) is 30.5 Å². The van der Waals surface area contributed by atoms with Gasteiger partial charge in [0, 0.05) is 17.7 Å². The number of carbonyl (C=O) groups excluding carboxylic acids is 2. The van der Waals surface area contributed by atoms with Crippen LogP contribution in [-0.2, 0) is 4.79 Å². The molecule has 2 N–H and O–H groups in total. The SMILES string of the molecule is Cc1ccc(/C=N\NC(=O)CNC(=O)c2ccc([N+](=O)[O-])cc2)o1. The molecule has 124 valence electrons. The number of hydrazone groups is 1. The third kappa shape index (κ3) is 4.77. The first-order valence-electron chi connectivity index (χ1n) is 6.86. The Morgan fingerprint density at radius 3 is 2.54 bits per heavy atom. The molecule has 24 heavy (non-hydrogen) atoms. The second-order valence-electron chi connectivity index (χ2n) is 4.73. The highest BCUT2D eigenvalue weighted by atomic mass is 16.6. The minimum absolute atomic E-state index is 0.119. The van der Waals surface area contributed by atoms with Crippen molar-refractivity contribution in [2.45, 2.75) is 6.92 Å². The van der Waals surface area contributed by atoms with Gasteiger partial charge in [-0.3, -0.25) is 19.7 Å². The van der Waals surface area contributed by atoms with E-state index in [0.29, 0.717) is 5.76 Å². The molecule has 0 spiro atoms. The molecule has 0 unspecified atom stereocenters. The second-order valence-corrected chi connectivity index (χ2v) is 4.73. The Morgan fingerprint density at radius 1 is 1.25 bits per heavy atom. The number of nitrogens with zero attached hydrogens (tertiary/aromatic N) is 2. The number of furan rings is 1. The van der Waals surface area contributed by atoms with Gasteiger partial charge in [0.1, 0.15) is 11.5 Å². The van der Waals surface area contributed by atoms with E-state index in [4.69, 9.17) is 4.42 Å². The molecule has 9 nitrogen and oxygen atoms in total. The fraction of sp³-hybridized carbons (Fsp3) is 0.133. The summed E-state index contributed by atoms with van der Waals surface area (Å²) in [6.45, 7) is 1.49. The van der Waals surface area contributed by atoms with Crippen LogP contribution in [0.2, 0.25) is 0 Å². The molecule has 2 rings (SSSR count). The standard InChI is InChI=1S/C15H14N4O5/c1-10-2-7-13(24-10)8-17-18-14(20)9-16-15(21)11-3-5-12(6-4-11)19(22)23/h2-8H,9H2,1H3,(H,16,21)(H,18,20)/b17-8-. The summed E-state index contributed by atoms with van der Waals surface area (Å²) >= 11 is 0. The first-order valence-corrected chi connectivity index (χ1v) is 6.86. The zero-order valence-corrected chi connectivity index (χ0v) is 12.7. The normalized spacial score (nSPS) is 10.5. The van der Waals surface area contributed by atoms with E-state index in [-0.39, 0.29) is 17.8 Å². The van der Waals surface area contributed by atoms with Gasteiger partial charge in [-0.1, -0.05) is 0 Å². The van der Waals surface area contributed by atoms with Crippen molar-refractivity contribution in [2.24, 2.45) is 5.10 Å². The van der Waals surface area contributed by atoms with Crippen LogP contribution in [0.3, 0.4) is 0 Å². The lowest BCUT2D eigenvalue weighted by molar-refractivity contribution is -0.384. The summed E-state index contributed by atoms with van der Waals surface area (Å²) in [7, 11) is 0. The molecule has 0 aliphatic rings. The number of non-ortho nitro benzene ring substituents is 1. The molecule has 0 saturated carbocycles. The summed E-state index contributed by atoms with van der Waals surface area (Å²) in [5.41, 5.74) is 2.33. The van der Waals surface area contributed by atoms with Gasteiger partial charge in [-0.25, -0.2) is 5.43 Å². The molecule has 1 heterocycles. The smallest absolute Gasteiger partial charge is 0.269 e. The molecule has 9 heteroatoms. The van der Waals surface area contributed by atoms with Crippen molar-refractivity contribution in [2.75, 3.05) is 6.54 Å². The third-order valence-electron chi connectivity index (χ3n) is 2.89. The Labute approximate surface area is 136 Å². The number of hydrogen-bond acceptors (Lipinski definition) is 6. The fourth-order valence-electron chi connectivity index (χ4n) is 1.73. The lowest BCUT2D eigenvalue weighted by atomic mass is 10.2. The molecule has 0 atom stereocenters. The van der Waals surface area contributed by atoms with Crippen molar-refractivity contribution in [1.29, 1.82) is 0 Å². The van der Waals surface area contributed by atoms with Gasteiger partial charge in [-0.05, 0) is 31.2 Å². The van der Waals surface area contributed by atoms with E-state index in [1.807, 2.05) is 0 Å². The number of hydrogen-bond donors (Lipinski definition) is 2. The Morgan fingerprint density at radius 2 is 1.96 bits per heavy atom. The summed E-state index contributed by atoms with van der Waals surface area (Å²) in [6.07, 6.45) is 1.34. The molecule has 1 aromatic heterocycles. The maximum atomic E-state index is 11.8. The molecule has 0 bridgehead atoms. The number of benzene rings is 1. The quantitative estimate of drug-likeness (QED) is 0.470. The van der Waals surface area contributed by atoms with E-state index >= 15 is 0 Å². The number of carbonyl (C=O) groups is 2. The Bertz CT molecular complexity index is 779. The molecular weight excluding hydrogens is 316 g/mol. The second kappa shape index (κ2) is 7.68. The van der Waals surface area contributed by atoms with Crippen molar-refractivity contribution >= 4 is 23.7 Å². The largest absolute Gasteiger partial charge is 0.460 e. The van der Waals surface area contributed by atoms with Crippen LogP contribution in [0.4, 0.5) is 5.69 Å². The van der Waals surface area contributed by atoms with Gasteiger partial charge in [-0.2, -0.15) is 5.10 Å². The van der Waals surface area contributed by atoms with E-state index < -0.39 is 16.7 Å². The Balaban J connectivity index is 1.79. The van der Waals surface area contributed by atoms with Crippen LogP contribution in [0.25, 0.3) is 0 Å². The highest BCUT2D eigenvalue weighted by Gasteiger charge is 2.10. The molecule has 1 aromatic carbocycles. The van der Waals surface area contributed by atoms with Crippen LogP contribution in [-0.4, -0.2) is 29.5 Å². The van der Waals surface area contributed by atoms with Crippen LogP contribution in [0.1, 0.15) is 21.9 Å². The van der Waals surface area contributed by atoms with Gasteiger partial charge < -0.3 is 9.73 Å². The minimum atomic E-state index is -0.562. The molecular formula is C15H14N4O5. The molecule has 0 aliphatic heterocycles. The molecule has 0 aliphatic carbocycles. The van der Waals surface area contributed by atoms with Crippen LogP contribution in [0.15, 0.2) is 45.9 Å². The average molecular weight is 330 g/mol. The number of rotatable bonds is 6. The minimum Gasteiger partial charge on any atom is -0.460 e. The summed E-state index contributed by atoms with van der Waals surface area (Å²) in [4.78, 5) is 33.3. The van der Waals surface area contributed by atoms with Crippen molar-refractivity contribution in [3.8, 4) is 0 Å². The maximum Gasteiger partial charge on any atom is 0.269 e. The molecule has 0 saturated heterocycles. The molecule has 0 radical (unpaired) electrons. The predicted octanol–water partition coefficient (Wildman–Crippen LogP) is 1.38. The van der Waals surface area contributed by atoms with Crippen molar-refractivity contribution < 1.29 is 18.9 Å². The van der Waals surface area contributed by atoms with E-state index in [1.54, 1.807) is 19.1 Å². The average Bonchev–Trinajstić information content (AvgIpc) is 2.98. The maximum absolute atomic E-state index is 11.8. The van der Waals surface area contributed by atoms with E-state index in [0.717, 1.165) is 5.76 Å². The van der Waals surface area contributed by atoms with Crippen molar-refractivity contribution in [1.82, 2.24) is 10.7 Å². The van der Waals surface area contributed by atoms with E-state index in [2.05, 4.69) is 15.8 Å². The van der Waals surface area contributed by atoms with Crippen LogP contribution >= 0.6 is 0 Å². The lowest BCUT2D eigenvalue weighted by Gasteiger charge is -2.04. The van der Waals surface area contributed by atoms with Gasteiger partial charge in [0.25, 0.3) is 17.5 Å². The van der Waals surface area contributed by atoms with E-state index in [9.17, 15) is 19.7 Å². The fourth-order valence-corrected chi connectivity index (χ4v) is 1.73. The Kier molecular flexibility index (Phi) is 5.40. The van der Waals surface area contributed by atoms with Crippen LogP contribution in [0.5, 0.6) is 0 Å². The van der Waals surface area contributed by atoms with Gasteiger partial charge in [0.2, 0.25) is 0 Å².